The highest BCUT2D eigenvalue weighted by Gasteiger charge is 2.22. The van der Waals surface area contributed by atoms with Gasteiger partial charge in [-0.1, -0.05) is 255 Å². The van der Waals surface area contributed by atoms with Gasteiger partial charge in [0.25, 0.3) is 7.82 Å². The molecule has 0 fully saturated rings. The lowest BCUT2D eigenvalue weighted by molar-refractivity contribution is -0.870. The topological polar surface area (TPSA) is 111 Å². The van der Waals surface area contributed by atoms with Crippen molar-refractivity contribution >= 4 is 19.8 Å². The first kappa shape index (κ1) is 77.6. The molecule has 2 unspecified atom stereocenters. The van der Waals surface area contributed by atoms with Gasteiger partial charge in [0, 0.05) is 12.8 Å². The van der Waals surface area contributed by atoms with Crippen LogP contribution in [-0.4, -0.2) is 70.0 Å². The number of allylic oxidation sites excluding steroid dienone is 26. The Kier molecular flexibility index (Phi) is 57.9. The van der Waals surface area contributed by atoms with E-state index in [1.54, 1.807) is 0 Å². The normalized spacial score (nSPS) is 14.3. The molecular formula is C72H118NO8P. The molecule has 2 atom stereocenters. The minimum Gasteiger partial charge on any atom is -0.756 e. The minimum atomic E-state index is -4.66. The third-order valence-electron chi connectivity index (χ3n) is 13.0. The molecule has 9 nitrogen and oxygen atoms in total. The second-order valence-corrected chi connectivity index (χ2v) is 23.4. The quantitative estimate of drug-likeness (QED) is 0.0195. The van der Waals surface area contributed by atoms with Gasteiger partial charge in [-0.15, -0.1) is 0 Å². The predicted molar refractivity (Wildman–Crippen MR) is 350 cm³/mol. The van der Waals surface area contributed by atoms with Crippen molar-refractivity contribution in [2.45, 2.75) is 238 Å². The predicted octanol–water partition coefficient (Wildman–Crippen LogP) is 20.2. The van der Waals surface area contributed by atoms with Gasteiger partial charge < -0.3 is 27.9 Å². The Balaban J connectivity index is 4.14. The van der Waals surface area contributed by atoms with Crippen molar-refractivity contribution in [1.29, 1.82) is 0 Å². The Morgan fingerprint density at radius 1 is 0.378 bits per heavy atom. The number of carbonyl (C=O) groups excluding carboxylic acids is 2. The van der Waals surface area contributed by atoms with Crippen molar-refractivity contribution in [2.24, 2.45) is 0 Å². The van der Waals surface area contributed by atoms with E-state index in [1.807, 2.05) is 21.1 Å². The molecule has 82 heavy (non-hydrogen) atoms. The largest absolute Gasteiger partial charge is 0.756 e. The van der Waals surface area contributed by atoms with Crippen LogP contribution in [0.4, 0.5) is 0 Å². The molecule has 0 aliphatic heterocycles. The maximum Gasteiger partial charge on any atom is 0.306 e. The lowest BCUT2D eigenvalue weighted by atomic mass is 10.0. The van der Waals surface area contributed by atoms with Crippen LogP contribution >= 0.6 is 7.82 Å². The molecule has 0 bridgehead atoms. The molecule has 0 aromatic heterocycles. The molecule has 10 heteroatoms. The first-order valence-corrected chi connectivity index (χ1v) is 33.7. The van der Waals surface area contributed by atoms with E-state index in [0.29, 0.717) is 23.9 Å². The van der Waals surface area contributed by atoms with E-state index in [-0.39, 0.29) is 26.1 Å². The van der Waals surface area contributed by atoms with Crippen LogP contribution in [-0.2, 0) is 32.7 Å². The van der Waals surface area contributed by atoms with Crippen LogP contribution in [0.5, 0.6) is 0 Å². The van der Waals surface area contributed by atoms with Gasteiger partial charge in [-0.2, -0.15) is 0 Å². The summed E-state index contributed by atoms with van der Waals surface area (Å²) in [5, 5.41) is 0. The maximum absolute atomic E-state index is 12.8. The number of quaternary nitrogens is 1. The van der Waals surface area contributed by atoms with E-state index in [1.165, 1.54) is 77.0 Å². The number of phosphoric acid groups is 1. The molecular weight excluding hydrogens is 1040 g/mol. The van der Waals surface area contributed by atoms with Gasteiger partial charge in [0.1, 0.15) is 19.8 Å². The van der Waals surface area contributed by atoms with Gasteiger partial charge in [0.05, 0.1) is 27.7 Å². The van der Waals surface area contributed by atoms with E-state index >= 15 is 0 Å². The standard InChI is InChI=1S/C72H118NO8P/c1-6-8-10-12-14-16-18-20-22-24-26-28-29-30-31-32-33-34-35-36-37-38-39-40-41-42-43-45-47-49-51-53-55-57-59-61-63-65-72(75)81-70(69-80-82(76,77)79-67-66-73(3,4)5)68-78-71(74)64-62-60-58-56-54-52-50-48-46-44-27-25-23-21-19-17-15-13-11-9-7-2/h8-11,14-17,20-23,26-28,30-31,33-34,36-37,44,48,50,54,56,70H,6-7,12-13,18-19,24-25,29,32,35,38-43,45-47,49,51-53,55,57-69H2,1-5H3/b10-8-,11-9-,16-14-,17-15-,22-20-,23-21-,28-26-,31-30-,34-33-,37-36-,44-27-,50-48-,56-54-. The molecule has 0 aromatic rings. The molecule has 464 valence electrons. The molecule has 0 saturated carbocycles. The van der Waals surface area contributed by atoms with Crippen LogP contribution in [0, 0.1) is 0 Å². The Morgan fingerprint density at radius 2 is 0.659 bits per heavy atom. The number of hydrogen-bond donors (Lipinski definition) is 0. The van der Waals surface area contributed by atoms with Gasteiger partial charge in [0.15, 0.2) is 6.10 Å². The zero-order chi connectivity index (χ0) is 59.8. The zero-order valence-corrected chi connectivity index (χ0v) is 53.5. The van der Waals surface area contributed by atoms with Gasteiger partial charge >= 0.3 is 11.9 Å². The van der Waals surface area contributed by atoms with E-state index < -0.39 is 32.5 Å². The summed E-state index contributed by atoms with van der Waals surface area (Å²) in [5.41, 5.74) is 0. The average molecular weight is 1160 g/mol. The highest BCUT2D eigenvalue weighted by atomic mass is 31.2. The summed E-state index contributed by atoms with van der Waals surface area (Å²) in [7, 11) is 1.12. The molecule has 0 spiro atoms. The first-order chi connectivity index (χ1) is 40.0. The Hall–Kier alpha value is -4.37. The fourth-order valence-electron chi connectivity index (χ4n) is 8.17. The average Bonchev–Trinajstić information content (AvgIpc) is 3.46. The van der Waals surface area contributed by atoms with E-state index in [0.717, 1.165) is 116 Å². The molecule has 0 radical (unpaired) electrons. The number of unbranched alkanes of at least 4 members (excludes halogenated alkanes) is 17. The number of likely N-dealkylation sites (N-methyl/N-ethyl adjacent to an activating group) is 1. The number of nitrogens with zero attached hydrogens (tertiary/aromatic N) is 1. The number of ether oxygens (including phenoxy) is 2. The fraction of sp³-hybridized carbons (Fsp3) is 0.611. The summed E-state index contributed by atoms with van der Waals surface area (Å²) >= 11 is 0. The van der Waals surface area contributed by atoms with Gasteiger partial charge in [-0.05, 0) is 122 Å². The second-order valence-electron chi connectivity index (χ2n) is 22.0. The third kappa shape index (κ3) is 64.8. The lowest BCUT2D eigenvalue weighted by Gasteiger charge is -2.28. The zero-order valence-electron chi connectivity index (χ0n) is 52.6. The molecule has 0 aromatic carbocycles. The molecule has 0 aliphatic carbocycles. The van der Waals surface area contributed by atoms with Gasteiger partial charge in [-0.3, -0.25) is 14.2 Å². The fourth-order valence-corrected chi connectivity index (χ4v) is 8.90. The van der Waals surface area contributed by atoms with Crippen LogP contribution in [0.2, 0.25) is 0 Å². The molecule has 0 rings (SSSR count). The summed E-state index contributed by atoms with van der Waals surface area (Å²) in [4.78, 5) is 37.9. The Bertz CT molecular complexity index is 1940. The van der Waals surface area contributed by atoms with Crippen molar-refractivity contribution in [1.82, 2.24) is 0 Å². The highest BCUT2D eigenvalue weighted by molar-refractivity contribution is 7.45. The first-order valence-electron chi connectivity index (χ1n) is 32.2. The summed E-state index contributed by atoms with van der Waals surface area (Å²) in [5.74, 6) is -0.893. The van der Waals surface area contributed by atoms with Crippen LogP contribution < -0.4 is 4.89 Å². The molecule has 0 saturated heterocycles. The third-order valence-corrected chi connectivity index (χ3v) is 14.0. The van der Waals surface area contributed by atoms with Crippen molar-refractivity contribution in [3.05, 3.63) is 158 Å². The van der Waals surface area contributed by atoms with Crippen molar-refractivity contribution in [3.63, 3.8) is 0 Å². The van der Waals surface area contributed by atoms with Crippen LogP contribution in [0.15, 0.2) is 158 Å². The summed E-state index contributed by atoms with van der Waals surface area (Å²) in [6, 6.07) is 0. The van der Waals surface area contributed by atoms with E-state index in [9.17, 15) is 19.0 Å². The SMILES string of the molecule is CC/C=C\C/C=C\C/C=C\C/C=C\C/C=C\C/C=C\C/C=C\CCCCCCCCCCCCCCCCCC(=O)OC(COC(=O)CCCC/C=C\C/C=C\C/C=C\C/C=C\C/C=C\C/C=C\CC)COP(=O)([O-])OCC[N+](C)(C)C. The van der Waals surface area contributed by atoms with E-state index in [4.69, 9.17) is 18.5 Å². The number of carbonyl (C=O) groups is 2. The van der Waals surface area contributed by atoms with Gasteiger partial charge in [-0.25, -0.2) is 0 Å². The molecule has 0 N–H and O–H groups in total. The van der Waals surface area contributed by atoms with Gasteiger partial charge in [0.2, 0.25) is 0 Å². The van der Waals surface area contributed by atoms with Crippen molar-refractivity contribution in [3.8, 4) is 0 Å². The van der Waals surface area contributed by atoms with E-state index in [2.05, 4.69) is 172 Å². The number of hydrogen-bond acceptors (Lipinski definition) is 8. The number of rotatable bonds is 57. The summed E-state index contributed by atoms with van der Waals surface area (Å²) < 4.78 is 34.2. The highest BCUT2D eigenvalue weighted by Crippen LogP contribution is 2.38. The molecule has 0 aliphatic rings. The number of esters is 2. The Labute approximate surface area is 503 Å². The summed E-state index contributed by atoms with van der Waals surface area (Å²) in [6.45, 7) is 3.95. The monoisotopic (exact) mass is 1160 g/mol. The van der Waals surface area contributed by atoms with Crippen molar-refractivity contribution < 1.29 is 42.1 Å². The second kappa shape index (κ2) is 61.2. The number of phosphoric ester groups is 1. The smallest absolute Gasteiger partial charge is 0.306 e. The van der Waals surface area contributed by atoms with Crippen LogP contribution in [0.1, 0.15) is 232 Å². The Morgan fingerprint density at radius 3 is 1.00 bits per heavy atom. The van der Waals surface area contributed by atoms with Crippen molar-refractivity contribution in [2.75, 3.05) is 47.5 Å². The van der Waals surface area contributed by atoms with Crippen LogP contribution in [0.3, 0.4) is 0 Å². The lowest BCUT2D eigenvalue weighted by Crippen LogP contribution is -2.37. The molecule has 0 heterocycles. The summed E-state index contributed by atoms with van der Waals surface area (Å²) in [6.07, 6.45) is 91.7. The molecule has 0 amide bonds. The minimum absolute atomic E-state index is 0.0457. The maximum atomic E-state index is 12.8. The van der Waals surface area contributed by atoms with Crippen LogP contribution in [0.25, 0.3) is 0 Å².